The van der Waals surface area contributed by atoms with Crippen molar-refractivity contribution in [1.82, 2.24) is 31.0 Å². The summed E-state index contributed by atoms with van der Waals surface area (Å²) in [4.78, 5) is 26.4. The van der Waals surface area contributed by atoms with Gasteiger partial charge in [0.15, 0.2) is 11.0 Å². The minimum absolute atomic E-state index is 0.0767. The van der Waals surface area contributed by atoms with Crippen molar-refractivity contribution in [3.63, 3.8) is 0 Å². The number of rotatable bonds is 6. The number of carboxylic acids is 1. The molecule has 2 amide bonds. The Morgan fingerprint density at radius 2 is 1.83 bits per heavy atom. The number of aliphatic hydroxyl groups excluding tert-OH is 1. The Balaban J connectivity index is 0.00000116. The van der Waals surface area contributed by atoms with Gasteiger partial charge in [-0.2, -0.15) is 4.98 Å². The van der Waals surface area contributed by atoms with Crippen LogP contribution in [0.15, 0.2) is 4.52 Å². The molecule has 0 aliphatic carbocycles. The van der Waals surface area contributed by atoms with Gasteiger partial charge < -0.3 is 36.8 Å². The van der Waals surface area contributed by atoms with Crippen LogP contribution in [0.3, 0.4) is 0 Å². The average Bonchev–Trinajstić information content (AvgIpc) is 3.27. The highest BCUT2D eigenvalue weighted by Gasteiger charge is 2.25. The molecule has 2 heterocycles. The van der Waals surface area contributed by atoms with Gasteiger partial charge in [0.05, 0.1) is 12.6 Å². The fourth-order valence-electron chi connectivity index (χ4n) is 1.48. The monoisotopic (exact) mass is 432 g/mol. The predicted molar refractivity (Wildman–Crippen MR) is 107 cm³/mol. The zero-order valence-electron chi connectivity index (χ0n) is 16.9. The maximum Gasteiger partial charge on any atom is 0.328 e. The zero-order chi connectivity index (χ0) is 22.6. The highest BCUT2D eigenvalue weighted by atomic mass is 32.1. The number of aliphatic hydroxyl groups is 1. The van der Waals surface area contributed by atoms with Gasteiger partial charge in [0.2, 0.25) is 16.8 Å². The van der Waals surface area contributed by atoms with E-state index in [4.69, 9.17) is 21.1 Å². The van der Waals surface area contributed by atoms with Crippen molar-refractivity contribution in [1.29, 1.82) is 0 Å². The zero-order valence-corrected chi connectivity index (χ0v) is 17.7. The fourth-order valence-corrected chi connectivity index (χ4v) is 2.01. The van der Waals surface area contributed by atoms with Crippen LogP contribution in [0.2, 0.25) is 0 Å². The second-order valence-electron chi connectivity index (χ2n) is 5.58. The highest BCUT2D eigenvalue weighted by Crippen LogP contribution is 2.21. The van der Waals surface area contributed by atoms with Crippen molar-refractivity contribution in [2.45, 2.75) is 59.4 Å². The lowest BCUT2D eigenvalue weighted by atomic mass is 10.2. The lowest BCUT2D eigenvalue weighted by Crippen LogP contribution is -2.51. The summed E-state index contributed by atoms with van der Waals surface area (Å²) < 4.78 is 4.91. The summed E-state index contributed by atoms with van der Waals surface area (Å²) in [6.45, 7) is 9.00. The van der Waals surface area contributed by atoms with Gasteiger partial charge in [-0.05, 0) is 13.0 Å². The second kappa shape index (κ2) is 13.4. The normalized spacial score (nSPS) is 12.0. The molecule has 0 aromatic carbocycles. The molecule has 2 rings (SSSR count). The van der Waals surface area contributed by atoms with Gasteiger partial charge in [-0.25, -0.2) is 9.59 Å². The number of nitrogens with zero attached hydrogens (tertiary/aromatic N) is 4. The summed E-state index contributed by atoms with van der Waals surface area (Å²) in [5.74, 6) is -1.11. The maximum atomic E-state index is 11.6. The summed E-state index contributed by atoms with van der Waals surface area (Å²) in [5.41, 5.74) is 10.6. The van der Waals surface area contributed by atoms with Gasteiger partial charge in [0, 0.05) is 0 Å². The summed E-state index contributed by atoms with van der Waals surface area (Å²) in [5, 5.41) is 34.2. The maximum absolute atomic E-state index is 11.6. The molecule has 14 heteroatoms. The lowest BCUT2D eigenvalue weighted by molar-refractivity contribution is -0.141. The molecule has 2 atom stereocenters. The number of carbonyl (C=O) groups is 2. The molecular weight excluding hydrogens is 404 g/mol. The van der Waals surface area contributed by atoms with E-state index in [-0.39, 0.29) is 23.4 Å². The number of nitrogens with one attached hydrogen (secondary N) is 2. The Morgan fingerprint density at radius 1 is 1.24 bits per heavy atom. The number of hydrogen-bond donors (Lipinski definition) is 6. The van der Waals surface area contributed by atoms with Gasteiger partial charge >= 0.3 is 12.0 Å². The Morgan fingerprint density at radius 3 is 2.28 bits per heavy atom. The van der Waals surface area contributed by atoms with Crippen molar-refractivity contribution < 1.29 is 24.3 Å². The van der Waals surface area contributed by atoms with Crippen molar-refractivity contribution in [3.05, 3.63) is 5.89 Å². The molecule has 0 spiro atoms. The van der Waals surface area contributed by atoms with E-state index in [0.717, 1.165) is 11.3 Å². The van der Waals surface area contributed by atoms with E-state index < -0.39 is 24.1 Å². The minimum Gasteiger partial charge on any atom is -0.480 e. The smallest absolute Gasteiger partial charge is 0.328 e. The fraction of sp³-hybridized carbons (Fsp3) is 0.600. The minimum atomic E-state index is -1.43. The van der Waals surface area contributed by atoms with E-state index in [1.165, 1.54) is 6.92 Å². The first-order valence-corrected chi connectivity index (χ1v) is 9.54. The Kier molecular flexibility index (Phi) is 12.0. The Bertz CT molecular complexity index is 746. The molecule has 8 N–H and O–H groups in total. The van der Waals surface area contributed by atoms with Crippen LogP contribution in [0.25, 0.3) is 10.8 Å². The first-order valence-electron chi connectivity index (χ1n) is 8.72. The molecule has 2 aromatic heterocycles. The topological polar surface area (TPSA) is 215 Å². The van der Waals surface area contributed by atoms with E-state index in [0.29, 0.717) is 11.0 Å². The Hall–Kier alpha value is -2.84. The molecule has 13 nitrogen and oxygen atoms in total. The number of anilines is 1. The third-order valence-electron chi connectivity index (χ3n) is 2.54. The molecule has 0 aliphatic rings. The van der Waals surface area contributed by atoms with Crippen LogP contribution >= 0.6 is 11.3 Å². The molecule has 0 saturated heterocycles. The van der Waals surface area contributed by atoms with Crippen LogP contribution in [0.1, 0.15) is 40.5 Å². The van der Waals surface area contributed by atoms with E-state index in [9.17, 15) is 14.7 Å². The van der Waals surface area contributed by atoms with Crippen LogP contribution in [-0.4, -0.2) is 60.7 Å². The standard InChI is InChI=1S/C10H13N7O5S.C3H9N.C2H6/c1-3(18)5(8(19)20)14-10(21)12-2-4-13-6(17-22-4)7-15-16-9(11)23-7;1-3(2)4;1-2/h3,5,18H,2H2,1H3,(H2,11,16)(H,19,20)(H2,12,14,21);3H,4H2,1-2H3;1-2H3. The summed E-state index contributed by atoms with van der Waals surface area (Å²) in [6, 6.07) is -1.91. The predicted octanol–water partition coefficient (Wildman–Crippen LogP) is 0.183. The highest BCUT2D eigenvalue weighted by molar-refractivity contribution is 7.18. The molecule has 2 unspecified atom stereocenters. The molecule has 164 valence electrons. The van der Waals surface area contributed by atoms with Gasteiger partial charge in [-0.15, -0.1) is 10.2 Å². The number of nitrogen functional groups attached to an aromatic ring is 1. The number of amides is 2. The van der Waals surface area contributed by atoms with E-state index in [2.05, 4.69) is 31.0 Å². The van der Waals surface area contributed by atoms with Crippen molar-refractivity contribution in [2.75, 3.05) is 5.73 Å². The second-order valence-corrected chi connectivity index (χ2v) is 6.59. The average molecular weight is 433 g/mol. The summed E-state index contributed by atoms with van der Waals surface area (Å²) in [7, 11) is 0. The van der Waals surface area contributed by atoms with Crippen molar-refractivity contribution in [3.8, 4) is 10.8 Å². The SMILES string of the molecule is CC.CC(C)N.CC(O)C(NC(=O)NCc1nc(-c2nnc(N)s2)no1)C(=O)O. The van der Waals surface area contributed by atoms with Gasteiger partial charge in [-0.1, -0.05) is 44.2 Å². The number of urea groups is 1. The summed E-state index contributed by atoms with van der Waals surface area (Å²) >= 11 is 1.07. The first kappa shape index (κ1) is 26.2. The third kappa shape index (κ3) is 10.3. The van der Waals surface area contributed by atoms with Gasteiger partial charge in [0.25, 0.3) is 0 Å². The number of hydrogen-bond acceptors (Lipinski definition) is 11. The van der Waals surface area contributed by atoms with Crippen LogP contribution in [0.5, 0.6) is 0 Å². The quantitative estimate of drug-likeness (QED) is 0.362. The van der Waals surface area contributed by atoms with Crippen molar-refractivity contribution >= 4 is 28.5 Å². The van der Waals surface area contributed by atoms with Crippen LogP contribution < -0.4 is 22.1 Å². The first-order chi connectivity index (χ1) is 13.6. The number of carbonyl (C=O) groups excluding carboxylic acids is 1. The third-order valence-corrected chi connectivity index (χ3v) is 3.28. The van der Waals surface area contributed by atoms with E-state index in [1.807, 2.05) is 27.7 Å². The molecule has 0 aliphatic heterocycles. The van der Waals surface area contributed by atoms with E-state index in [1.54, 1.807) is 0 Å². The number of aromatic nitrogens is 4. The van der Waals surface area contributed by atoms with Crippen LogP contribution in [0.4, 0.5) is 9.93 Å². The molecule has 2 aromatic rings. The molecule has 0 saturated carbocycles. The van der Waals surface area contributed by atoms with Gasteiger partial charge in [-0.3, -0.25) is 0 Å². The number of aliphatic carboxylic acids is 1. The van der Waals surface area contributed by atoms with Gasteiger partial charge in [0.1, 0.15) is 0 Å². The molecule has 0 bridgehead atoms. The number of carboxylic acid groups (broad SMARTS) is 1. The lowest BCUT2D eigenvalue weighted by Gasteiger charge is -2.16. The molecule has 0 fully saturated rings. The van der Waals surface area contributed by atoms with Crippen LogP contribution in [0, 0.1) is 0 Å². The molecular formula is C15H28N8O5S. The van der Waals surface area contributed by atoms with Crippen LogP contribution in [-0.2, 0) is 11.3 Å². The summed E-state index contributed by atoms with van der Waals surface area (Å²) in [6.07, 6.45) is -1.25. The molecule has 29 heavy (non-hydrogen) atoms. The molecule has 0 radical (unpaired) electrons. The number of nitrogens with two attached hydrogens (primary N) is 2. The largest absolute Gasteiger partial charge is 0.480 e. The Labute approximate surface area is 171 Å². The van der Waals surface area contributed by atoms with E-state index >= 15 is 0 Å². The van der Waals surface area contributed by atoms with Crippen molar-refractivity contribution in [2.24, 2.45) is 5.73 Å².